The molecule has 0 saturated carbocycles. The molecule has 0 saturated heterocycles. The molecule has 1 aromatic heterocycles. The summed E-state index contributed by atoms with van der Waals surface area (Å²) in [7, 11) is 1.66. The lowest BCUT2D eigenvalue weighted by molar-refractivity contribution is 0.414. The molecule has 1 aromatic carbocycles. The number of halogens is 1. The van der Waals surface area contributed by atoms with Gasteiger partial charge in [0.15, 0.2) is 0 Å². The largest absolute Gasteiger partial charge is 0.497 e. The molecule has 0 fully saturated rings. The zero-order valence-electron chi connectivity index (χ0n) is 10.5. The third-order valence-corrected chi connectivity index (χ3v) is 2.85. The monoisotopic (exact) mass is 262 g/mol. The van der Waals surface area contributed by atoms with E-state index < -0.39 is 0 Å². The van der Waals surface area contributed by atoms with Gasteiger partial charge in [0.2, 0.25) is 0 Å². The summed E-state index contributed by atoms with van der Waals surface area (Å²) >= 11 is 5.98. The minimum Gasteiger partial charge on any atom is -0.497 e. The molecule has 4 heteroatoms. The molecule has 0 bridgehead atoms. The Morgan fingerprint density at radius 1 is 1.22 bits per heavy atom. The lowest BCUT2D eigenvalue weighted by Gasteiger charge is -2.05. The van der Waals surface area contributed by atoms with Crippen LogP contribution in [0, 0.1) is 0 Å². The van der Waals surface area contributed by atoms with E-state index in [9.17, 15) is 0 Å². The fourth-order valence-electron chi connectivity index (χ4n) is 1.74. The summed E-state index contributed by atoms with van der Waals surface area (Å²) in [4.78, 5) is 8.71. The van der Waals surface area contributed by atoms with E-state index in [0.717, 1.165) is 29.3 Å². The summed E-state index contributed by atoms with van der Waals surface area (Å²) in [5.41, 5.74) is 2.08. The van der Waals surface area contributed by atoms with E-state index in [4.69, 9.17) is 16.3 Å². The molecule has 0 N–H and O–H groups in total. The lowest BCUT2D eigenvalue weighted by Crippen LogP contribution is -2.00. The van der Waals surface area contributed by atoms with Crippen LogP contribution < -0.4 is 4.74 Å². The molecule has 0 atom stereocenters. The molecule has 0 radical (unpaired) electrons. The van der Waals surface area contributed by atoms with Gasteiger partial charge in [0.05, 0.1) is 7.11 Å². The van der Waals surface area contributed by atoms with Gasteiger partial charge in [-0.2, -0.15) is 0 Å². The summed E-state index contributed by atoms with van der Waals surface area (Å²) < 4.78 is 5.19. The maximum atomic E-state index is 5.98. The molecule has 0 spiro atoms. The average molecular weight is 263 g/mol. The van der Waals surface area contributed by atoms with Gasteiger partial charge in [-0.3, -0.25) is 0 Å². The Morgan fingerprint density at radius 2 is 2.06 bits per heavy atom. The van der Waals surface area contributed by atoms with Gasteiger partial charge in [0.1, 0.15) is 16.7 Å². The van der Waals surface area contributed by atoms with Crippen LogP contribution in [0.3, 0.4) is 0 Å². The van der Waals surface area contributed by atoms with Crippen molar-refractivity contribution in [3.05, 3.63) is 52.6 Å². The minimum atomic E-state index is 0.500. The Balaban J connectivity index is 2.24. The average Bonchev–Trinajstić information content (AvgIpc) is 2.38. The topological polar surface area (TPSA) is 35.0 Å². The molecule has 0 aliphatic carbocycles. The Kier molecular flexibility index (Phi) is 4.15. The predicted molar refractivity (Wildman–Crippen MR) is 72.2 cm³/mol. The first-order chi connectivity index (χ1) is 8.71. The van der Waals surface area contributed by atoms with Crippen molar-refractivity contribution in [3.8, 4) is 5.75 Å². The lowest BCUT2D eigenvalue weighted by atomic mass is 10.1. The molecule has 18 heavy (non-hydrogen) atoms. The zero-order chi connectivity index (χ0) is 13.0. The van der Waals surface area contributed by atoms with Gasteiger partial charge in [-0.1, -0.05) is 30.7 Å². The van der Waals surface area contributed by atoms with Gasteiger partial charge in [0, 0.05) is 12.1 Å². The molecule has 2 aromatic rings. The smallest absolute Gasteiger partial charge is 0.134 e. The number of rotatable bonds is 4. The fraction of sp³-hybridized carbons (Fsp3) is 0.286. The van der Waals surface area contributed by atoms with Gasteiger partial charge in [-0.15, -0.1) is 0 Å². The van der Waals surface area contributed by atoms with Gasteiger partial charge in [0.25, 0.3) is 0 Å². The Hall–Kier alpha value is -1.61. The normalized spacial score (nSPS) is 10.4. The maximum Gasteiger partial charge on any atom is 0.134 e. The summed E-state index contributed by atoms with van der Waals surface area (Å²) in [6.45, 7) is 2.05. The SMILES string of the molecule is CCc1cc(Cl)nc(Cc2cccc(OC)c2)n1. The van der Waals surface area contributed by atoms with Crippen LogP contribution in [0.15, 0.2) is 30.3 Å². The van der Waals surface area contributed by atoms with E-state index in [-0.39, 0.29) is 0 Å². The van der Waals surface area contributed by atoms with Crippen molar-refractivity contribution in [3.63, 3.8) is 0 Å². The van der Waals surface area contributed by atoms with Crippen LogP contribution in [-0.2, 0) is 12.8 Å². The van der Waals surface area contributed by atoms with E-state index in [1.807, 2.05) is 31.2 Å². The Morgan fingerprint density at radius 3 is 2.78 bits per heavy atom. The van der Waals surface area contributed by atoms with Gasteiger partial charge in [-0.05, 0) is 30.2 Å². The van der Waals surface area contributed by atoms with Crippen molar-refractivity contribution in [2.75, 3.05) is 7.11 Å². The maximum absolute atomic E-state index is 5.98. The van der Waals surface area contributed by atoms with E-state index in [1.54, 1.807) is 13.2 Å². The first kappa shape index (κ1) is 12.8. The van der Waals surface area contributed by atoms with Crippen LogP contribution in [-0.4, -0.2) is 17.1 Å². The first-order valence-electron chi connectivity index (χ1n) is 5.86. The van der Waals surface area contributed by atoms with Crippen LogP contribution in [0.5, 0.6) is 5.75 Å². The Labute approximate surface area is 112 Å². The fourth-order valence-corrected chi connectivity index (χ4v) is 1.96. The summed E-state index contributed by atoms with van der Waals surface area (Å²) in [6, 6.07) is 9.68. The highest BCUT2D eigenvalue weighted by Crippen LogP contribution is 2.16. The van der Waals surface area contributed by atoms with Crippen LogP contribution in [0.2, 0.25) is 5.15 Å². The number of aryl methyl sites for hydroxylation is 1. The highest BCUT2D eigenvalue weighted by molar-refractivity contribution is 6.29. The zero-order valence-corrected chi connectivity index (χ0v) is 11.2. The van der Waals surface area contributed by atoms with E-state index in [0.29, 0.717) is 11.6 Å². The van der Waals surface area contributed by atoms with Crippen molar-refractivity contribution in [1.82, 2.24) is 9.97 Å². The highest BCUT2D eigenvalue weighted by atomic mass is 35.5. The highest BCUT2D eigenvalue weighted by Gasteiger charge is 2.04. The van der Waals surface area contributed by atoms with E-state index >= 15 is 0 Å². The second-order valence-corrected chi connectivity index (χ2v) is 4.37. The van der Waals surface area contributed by atoms with Crippen LogP contribution in [0.4, 0.5) is 0 Å². The van der Waals surface area contributed by atoms with Gasteiger partial charge in [-0.25, -0.2) is 9.97 Å². The van der Waals surface area contributed by atoms with E-state index in [1.165, 1.54) is 0 Å². The molecule has 1 heterocycles. The van der Waals surface area contributed by atoms with Crippen molar-refractivity contribution in [1.29, 1.82) is 0 Å². The van der Waals surface area contributed by atoms with Gasteiger partial charge < -0.3 is 4.74 Å². The molecule has 0 aliphatic rings. The number of benzene rings is 1. The second kappa shape index (κ2) is 5.83. The predicted octanol–water partition coefficient (Wildman–Crippen LogP) is 3.29. The molecular weight excluding hydrogens is 248 g/mol. The number of methoxy groups -OCH3 is 1. The van der Waals surface area contributed by atoms with Crippen LogP contribution in [0.25, 0.3) is 0 Å². The standard InChI is InChI=1S/C14H15ClN2O/c1-3-11-9-13(15)17-14(16-11)8-10-5-4-6-12(7-10)18-2/h4-7,9H,3,8H2,1-2H3. The van der Waals surface area contributed by atoms with Gasteiger partial charge >= 0.3 is 0 Å². The third-order valence-electron chi connectivity index (χ3n) is 2.65. The number of hydrogen-bond acceptors (Lipinski definition) is 3. The molecular formula is C14H15ClN2O. The summed E-state index contributed by atoms with van der Waals surface area (Å²) in [6.07, 6.45) is 1.51. The number of aromatic nitrogens is 2. The second-order valence-electron chi connectivity index (χ2n) is 3.98. The Bertz CT molecular complexity index is 543. The van der Waals surface area contributed by atoms with Crippen molar-refractivity contribution < 1.29 is 4.74 Å². The van der Waals surface area contributed by atoms with Crippen molar-refractivity contribution in [2.45, 2.75) is 19.8 Å². The quantitative estimate of drug-likeness (QED) is 0.793. The van der Waals surface area contributed by atoms with Crippen LogP contribution in [0.1, 0.15) is 24.0 Å². The van der Waals surface area contributed by atoms with Crippen molar-refractivity contribution in [2.24, 2.45) is 0 Å². The molecule has 0 aliphatic heterocycles. The minimum absolute atomic E-state index is 0.500. The molecule has 0 amide bonds. The first-order valence-corrected chi connectivity index (χ1v) is 6.24. The number of ether oxygens (including phenoxy) is 1. The number of hydrogen-bond donors (Lipinski definition) is 0. The van der Waals surface area contributed by atoms with E-state index in [2.05, 4.69) is 9.97 Å². The molecule has 0 unspecified atom stereocenters. The summed E-state index contributed by atoms with van der Waals surface area (Å²) in [5, 5.41) is 0.500. The molecule has 94 valence electrons. The third kappa shape index (κ3) is 3.20. The number of nitrogens with zero attached hydrogens (tertiary/aromatic N) is 2. The summed E-state index contributed by atoms with van der Waals surface area (Å²) in [5.74, 6) is 1.58. The molecule has 3 nitrogen and oxygen atoms in total. The molecule has 2 rings (SSSR count). The van der Waals surface area contributed by atoms with Crippen molar-refractivity contribution >= 4 is 11.6 Å². The van der Waals surface area contributed by atoms with Crippen LogP contribution >= 0.6 is 11.6 Å².